The van der Waals surface area contributed by atoms with Crippen LogP contribution in [0, 0.1) is 0 Å². The Labute approximate surface area is 144 Å². The van der Waals surface area contributed by atoms with Crippen molar-refractivity contribution in [2.45, 2.75) is 26.4 Å². The van der Waals surface area contributed by atoms with E-state index in [0.29, 0.717) is 24.7 Å². The summed E-state index contributed by atoms with van der Waals surface area (Å²) in [6, 6.07) is 12.6. The van der Waals surface area contributed by atoms with Gasteiger partial charge in [0, 0.05) is 10.0 Å². The van der Waals surface area contributed by atoms with Gasteiger partial charge in [0.15, 0.2) is 11.5 Å². The van der Waals surface area contributed by atoms with Gasteiger partial charge in [0.2, 0.25) is 0 Å². The van der Waals surface area contributed by atoms with Gasteiger partial charge in [-0.3, -0.25) is 0 Å². The zero-order chi connectivity index (χ0) is 16.7. The van der Waals surface area contributed by atoms with E-state index in [2.05, 4.69) is 22.9 Å². The quantitative estimate of drug-likeness (QED) is 0.663. The van der Waals surface area contributed by atoms with Gasteiger partial charge in [-0.25, -0.2) is 4.79 Å². The first-order chi connectivity index (χ1) is 11.1. The molecule has 0 saturated carbocycles. The van der Waals surface area contributed by atoms with Gasteiger partial charge in [0.05, 0.1) is 6.61 Å². The molecule has 1 N–H and O–H groups in total. The highest BCUT2D eigenvalue weighted by Crippen LogP contribution is 2.32. The van der Waals surface area contributed by atoms with Crippen LogP contribution in [0.5, 0.6) is 11.5 Å². The summed E-state index contributed by atoms with van der Waals surface area (Å²) in [7, 11) is 0. The maximum absolute atomic E-state index is 11.4. The molecule has 0 radical (unpaired) electrons. The number of rotatable bonds is 8. The lowest BCUT2D eigenvalue weighted by Gasteiger charge is -2.15. The molecule has 2 rings (SSSR count). The van der Waals surface area contributed by atoms with E-state index in [0.717, 1.165) is 22.9 Å². The molecule has 0 unspecified atom stereocenters. The number of unbranched alkanes of at least 4 members (excludes halogenated alkanes) is 1. The van der Waals surface area contributed by atoms with E-state index in [1.165, 1.54) is 6.07 Å². The molecule has 4 nitrogen and oxygen atoms in total. The summed E-state index contributed by atoms with van der Waals surface area (Å²) in [5, 5.41) is 9.33. The van der Waals surface area contributed by atoms with E-state index in [4.69, 9.17) is 9.47 Å². The van der Waals surface area contributed by atoms with Crippen LogP contribution in [-0.2, 0) is 6.61 Å². The van der Waals surface area contributed by atoms with Gasteiger partial charge in [0.1, 0.15) is 12.2 Å². The Morgan fingerprint density at radius 3 is 2.61 bits per heavy atom. The summed E-state index contributed by atoms with van der Waals surface area (Å²) in [6.45, 7) is 2.84. The second-order valence-electron chi connectivity index (χ2n) is 5.02. The van der Waals surface area contributed by atoms with Gasteiger partial charge in [0.25, 0.3) is 0 Å². The predicted octanol–water partition coefficient (Wildman–Crippen LogP) is 4.91. The van der Waals surface area contributed by atoms with Crippen LogP contribution < -0.4 is 9.47 Å². The van der Waals surface area contributed by atoms with E-state index in [-0.39, 0.29) is 5.56 Å². The van der Waals surface area contributed by atoms with Crippen LogP contribution in [0.3, 0.4) is 0 Å². The molecule has 0 fully saturated rings. The number of carboxylic acids is 1. The Balaban J connectivity index is 2.21. The van der Waals surface area contributed by atoms with E-state index >= 15 is 0 Å². The highest BCUT2D eigenvalue weighted by Gasteiger charge is 2.17. The Morgan fingerprint density at radius 2 is 1.91 bits per heavy atom. The van der Waals surface area contributed by atoms with Gasteiger partial charge in [-0.05, 0) is 24.6 Å². The molecule has 122 valence electrons. The third kappa shape index (κ3) is 4.73. The lowest BCUT2D eigenvalue weighted by atomic mass is 10.2. The van der Waals surface area contributed by atoms with Crippen LogP contribution in [0.4, 0.5) is 0 Å². The maximum atomic E-state index is 11.4. The van der Waals surface area contributed by atoms with Gasteiger partial charge in [-0.15, -0.1) is 0 Å². The fraction of sp³-hybridized carbons (Fsp3) is 0.278. The summed E-state index contributed by atoms with van der Waals surface area (Å²) in [6.07, 6.45) is 1.83. The largest absolute Gasteiger partial charge is 0.489 e. The van der Waals surface area contributed by atoms with Crippen molar-refractivity contribution in [2.24, 2.45) is 0 Å². The second-order valence-corrected chi connectivity index (χ2v) is 5.87. The minimum absolute atomic E-state index is 0.116. The third-order valence-corrected chi connectivity index (χ3v) is 4.07. The first-order valence-corrected chi connectivity index (χ1v) is 8.28. The van der Waals surface area contributed by atoms with Crippen LogP contribution in [0.2, 0.25) is 0 Å². The molecule has 0 amide bonds. The smallest absolute Gasteiger partial charge is 0.339 e. The average molecular weight is 379 g/mol. The van der Waals surface area contributed by atoms with Crippen molar-refractivity contribution >= 4 is 21.9 Å². The van der Waals surface area contributed by atoms with Crippen molar-refractivity contribution in [3.8, 4) is 11.5 Å². The van der Waals surface area contributed by atoms with Gasteiger partial charge in [-0.1, -0.05) is 53.5 Å². The lowest BCUT2D eigenvalue weighted by Crippen LogP contribution is -2.07. The van der Waals surface area contributed by atoms with Crippen LogP contribution >= 0.6 is 15.9 Å². The van der Waals surface area contributed by atoms with Crippen LogP contribution in [-0.4, -0.2) is 17.7 Å². The summed E-state index contributed by atoms with van der Waals surface area (Å²) >= 11 is 3.47. The molecule has 0 spiro atoms. The topological polar surface area (TPSA) is 55.8 Å². The number of ether oxygens (including phenoxy) is 2. The number of aromatic carboxylic acids is 1. The number of carbonyl (C=O) groups is 1. The zero-order valence-corrected chi connectivity index (χ0v) is 14.5. The highest BCUT2D eigenvalue weighted by atomic mass is 79.9. The molecule has 0 aromatic heterocycles. The predicted molar refractivity (Wildman–Crippen MR) is 92.3 cm³/mol. The summed E-state index contributed by atoms with van der Waals surface area (Å²) in [5.74, 6) is -0.292. The Morgan fingerprint density at radius 1 is 1.13 bits per heavy atom. The number of carboxylic acid groups (broad SMARTS) is 1. The monoisotopic (exact) mass is 378 g/mol. The molecule has 5 heteroatoms. The van der Waals surface area contributed by atoms with Crippen LogP contribution in [0.25, 0.3) is 0 Å². The molecular formula is C18H19BrO4. The Hall–Kier alpha value is -2.01. The van der Waals surface area contributed by atoms with E-state index < -0.39 is 5.97 Å². The maximum Gasteiger partial charge on any atom is 0.339 e. The second kappa shape index (κ2) is 8.58. The molecule has 0 aliphatic rings. The number of halogens is 1. The fourth-order valence-electron chi connectivity index (χ4n) is 2.04. The highest BCUT2D eigenvalue weighted by molar-refractivity contribution is 9.10. The first-order valence-electron chi connectivity index (χ1n) is 7.48. The molecule has 2 aromatic rings. The van der Waals surface area contributed by atoms with E-state index in [9.17, 15) is 9.90 Å². The SMILES string of the molecule is CCCCOc1c(OCc2ccccc2Br)cccc1C(=O)O. The minimum Gasteiger partial charge on any atom is -0.489 e. The molecule has 0 aliphatic heterocycles. The summed E-state index contributed by atoms with van der Waals surface area (Å²) in [5.41, 5.74) is 1.10. The number of hydrogen-bond donors (Lipinski definition) is 1. The fourth-order valence-corrected chi connectivity index (χ4v) is 2.44. The standard InChI is InChI=1S/C18H19BrO4/c1-2-3-11-22-17-14(18(20)21)8-6-10-16(17)23-12-13-7-4-5-9-15(13)19/h4-10H,2-3,11-12H2,1H3,(H,20,21). The minimum atomic E-state index is -1.03. The van der Waals surface area contributed by atoms with Crippen molar-refractivity contribution in [1.82, 2.24) is 0 Å². The molecule has 0 heterocycles. The Bertz CT molecular complexity index is 670. The van der Waals surface area contributed by atoms with Crippen molar-refractivity contribution in [3.05, 3.63) is 58.1 Å². The van der Waals surface area contributed by atoms with Gasteiger partial charge >= 0.3 is 5.97 Å². The Kier molecular flexibility index (Phi) is 6.47. The molecule has 2 aromatic carbocycles. The number of hydrogen-bond acceptors (Lipinski definition) is 3. The van der Waals surface area contributed by atoms with Crippen molar-refractivity contribution < 1.29 is 19.4 Å². The van der Waals surface area contributed by atoms with Gasteiger partial charge in [-0.2, -0.15) is 0 Å². The first kappa shape index (κ1) is 17.3. The normalized spacial score (nSPS) is 10.3. The number of para-hydroxylation sites is 1. The van der Waals surface area contributed by atoms with Crippen molar-refractivity contribution in [1.29, 1.82) is 0 Å². The molecule has 0 saturated heterocycles. The lowest BCUT2D eigenvalue weighted by molar-refractivity contribution is 0.0691. The van der Waals surface area contributed by atoms with Crippen molar-refractivity contribution in [2.75, 3.05) is 6.61 Å². The average Bonchev–Trinajstić information content (AvgIpc) is 2.55. The molecule has 23 heavy (non-hydrogen) atoms. The van der Waals surface area contributed by atoms with Crippen molar-refractivity contribution in [3.63, 3.8) is 0 Å². The van der Waals surface area contributed by atoms with E-state index in [1.807, 2.05) is 24.3 Å². The molecule has 0 atom stereocenters. The molecule has 0 bridgehead atoms. The van der Waals surface area contributed by atoms with Crippen LogP contribution in [0.1, 0.15) is 35.7 Å². The van der Waals surface area contributed by atoms with Gasteiger partial charge < -0.3 is 14.6 Å². The summed E-state index contributed by atoms with van der Waals surface area (Å²) < 4.78 is 12.4. The van der Waals surface area contributed by atoms with Crippen LogP contribution in [0.15, 0.2) is 46.9 Å². The zero-order valence-electron chi connectivity index (χ0n) is 12.9. The molecule has 0 aliphatic carbocycles. The molecular weight excluding hydrogens is 360 g/mol. The third-order valence-electron chi connectivity index (χ3n) is 3.29. The van der Waals surface area contributed by atoms with E-state index in [1.54, 1.807) is 12.1 Å². The number of benzene rings is 2. The summed E-state index contributed by atoms with van der Waals surface area (Å²) in [4.78, 5) is 11.4.